The number of pyridine rings is 1. The van der Waals surface area contributed by atoms with E-state index >= 15 is 0 Å². The Labute approximate surface area is 162 Å². The van der Waals surface area contributed by atoms with Crippen LogP contribution in [0.2, 0.25) is 0 Å². The highest BCUT2D eigenvalue weighted by Crippen LogP contribution is 2.14. The molecule has 0 unspecified atom stereocenters. The molecule has 4 heterocycles. The van der Waals surface area contributed by atoms with E-state index < -0.39 is 0 Å². The van der Waals surface area contributed by atoms with Crippen molar-refractivity contribution in [2.45, 2.75) is 13.1 Å². The molecule has 142 valence electrons. The number of nitrogens with zero attached hydrogens (tertiary/aromatic N) is 6. The number of benzene rings is 1. The van der Waals surface area contributed by atoms with Crippen molar-refractivity contribution in [3.8, 4) is 0 Å². The molecular formula is C21H22N6O. The minimum Gasteiger partial charge on any atom is -0.339 e. The van der Waals surface area contributed by atoms with E-state index in [4.69, 9.17) is 0 Å². The Bertz CT molecular complexity index is 1090. The predicted octanol–water partition coefficient (Wildman–Crippen LogP) is 2.03. The van der Waals surface area contributed by atoms with E-state index in [0.29, 0.717) is 6.54 Å². The van der Waals surface area contributed by atoms with Crippen LogP contribution in [-0.2, 0) is 17.9 Å². The van der Waals surface area contributed by atoms with E-state index in [9.17, 15) is 4.79 Å². The van der Waals surface area contributed by atoms with E-state index in [1.54, 1.807) is 6.33 Å². The van der Waals surface area contributed by atoms with Gasteiger partial charge in [-0.3, -0.25) is 9.69 Å². The molecule has 0 aliphatic carbocycles. The highest BCUT2D eigenvalue weighted by molar-refractivity contribution is 5.80. The minimum atomic E-state index is 0.149. The largest absolute Gasteiger partial charge is 0.339 e. The maximum absolute atomic E-state index is 12.7. The topological polar surface area (TPSA) is 58.7 Å². The quantitative estimate of drug-likeness (QED) is 0.548. The second-order valence-electron chi connectivity index (χ2n) is 7.22. The van der Waals surface area contributed by atoms with E-state index in [-0.39, 0.29) is 5.91 Å². The minimum absolute atomic E-state index is 0.149. The van der Waals surface area contributed by atoms with Gasteiger partial charge in [-0.15, -0.1) is 0 Å². The zero-order valence-electron chi connectivity index (χ0n) is 15.6. The molecule has 1 saturated heterocycles. The first-order chi connectivity index (χ1) is 13.8. The molecule has 7 nitrogen and oxygen atoms in total. The molecule has 1 amide bonds. The van der Waals surface area contributed by atoms with Crippen LogP contribution in [0.1, 0.15) is 5.69 Å². The molecule has 1 aliphatic heterocycles. The van der Waals surface area contributed by atoms with Crippen molar-refractivity contribution in [3.63, 3.8) is 0 Å². The molecule has 4 aromatic rings. The van der Waals surface area contributed by atoms with Crippen LogP contribution in [0.25, 0.3) is 16.7 Å². The second kappa shape index (κ2) is 7.09. The molecule has 28 heavy (non-hydrogen) atoms. The lowest BCUT2D eigenvalue weighted by Gasteiger charge is -2.34. The smallest absolute Gasteiger partial charge is 0.242 e. The standard InChI is InChI=1S/C21H22N6O/c28-21(15-27-16-22-18-5-1-2-6-19(18)27)25-11-9-24(10-12-25)13-17-14-26-8-4-3-7-20(26)23-17/h1-8,14,16H,9-13,15H2. The molecule has 7 heteroatoms. The summed E-state index contributed by atoms with van der Waals surface area (Å²) in [7, 11) is 0. The fraction of sp³-hybridized carbons (Fsp3) is 0.286. The van der Waals surface area contributed by atoms with Gasteiger partial charge in [0.2, 0.25) is 5.91 Å². The van der Waals surface area contributed by atoms with Gasteiger partial charge in [0.05, 0.1) is 23.1 Å². The molecular weight excluding hydrogens is 352 g/mol. The molecule has 0 bridgehead atoms. The summed E-state index contributed by atoms with van der Waals surface area (Å²) in [5.41, 5.74) is 3.96. The number of imidazole rings is 2. The average Bonchev–Trinajstić information content (AvgIpc) is 3.32. The molecule has 1 aliphatic rings. The lowest BCUT2D eigenvalue weighted by molar-refractivity contribution is -0.133. The summed E-state index contributed by atoms with van der Waals surface area (Å²) < 4.78 is 3.98. The van der Waals surface area contributed by atoms with Crippen LogP contribution in [0.5, 0.6) is 0 Å². The first-order valence-electron chi connectivity index (χ1n) is 9.59. The van der Waals surface area contributed by atoms with Crippen molar-refractivity contribution in [1.29, 1.82) is 0 Å². The van der Waals surface area contributed by atoms with E-state index in [1.807, 2.05) is 62.5 Å². The fourth-order valence-corrected chi connectivity index (χ4v) is 3.83. The Morgan fingerprint density at radius 2 is 1.82 bits per heavy atom. The third-order valence-corrected chi connectivity index (χ3v) is 5.36. The lowest BCUT2D eigenvalue weighted by Crippen LogP contribution is -2.49. The molecule has 1 fully saturated rings. The molecule has 0 N–H and O–H groups in total. The molecule has 1 aromatic carbocycles. The predicted molar refractivity (Wildman–Crippen MR) is 107 cm³/mol. The number of fused-ring (bicyclic) bond motifs is 2. The first kappa shape index (κ1) is 16.9. The molecule has 0 radical (unpaired) electrons. The van der Waals surface area contributed by atoms with E-state index in [1.165, 1.54) is 0 Å². The number of rotatable bonds is 4. The zero-order valence-corrected chi connectivity index (χ0v) is 15.6. The maximum Gasteiger partial charge on any atom is 0.242 e. The van der Waals surface area contributed by atoms with Gasteiger partial charge in [0.1, 0.15) is 12.2 Å². The summed E-state index contributed by atoms with van der Waals surface area (Å²) in [6.45, 7) is 4.38. The SMILES string of the molecule is O=C(Cn1cnc2ccccc21)N1CCN(Cc2cn3ccccc3n2)CC1. The summed E-state index contributed by atoms with van der Waals surface area (Å²) in [6.07, 6.45) is 5.85. The summed E-state index contributed by atoms with van der Waals surface area (Å²) >= 11 is 0. The summed E-state index contributed by atoms with van der Waals surface area (Å²) in [5.74, 6) is 0.149. The first-order valence-corrected chi connectivity index (χ1v) is 9.59. The van der Waals surface area contributed by atoms with Gasteiger partial charge in [-0.05, 0) is 24.3 Å². The summed E-state index contributed by atoms with van der Waals surface area (Å²) in [5, 5.41) is 0. The van der Waals surface area contributed by atoms with Crippen LogP contribution in [0.15, 0.2) is 61.2 Å². The van der Waals surface area contributed by atoms with Crippen molar-refractivity contribution >= 4 is 22.6 Å². The average molecular weight is 374 g/mol. The Morgan fingerprint density at radius 3 is 2.68 bits per heavy atom. The number of hydrogen-bond donors (Lipinski definition) is 0. The number of para-hydroxylation sites is 2. The number of hydrogen-bond acceptors (Lipinski definition) is 4. The van der Waals surface area contributed by atoms with Crippen LogP contribution in [0.4, 0.5) is 0 Å². The van der Waals surface area contributed by atoms with Crippen molar-refractivity contribution in [2.24, 2.45) is 0 Å². The zero-order chi connectivity index (χ0) is 18.9. The lowest BCUT2D eigenvalue weighted by atomic mass is 10.3. The van der Waals surface area contributed by atoms with Gasteiger partial charge in [0, 0.05) is 45.1 Å². The van der Waals surface area contributed by atoms with Gasteiger partial charge in [0.15, 0.2) is 0 Å². The monoisotopic (exact) mass is 374 g/mol. The fourth-order valence-electron chi connectivity index (χ4n) is 3.83. The molecule has 0 saturated carbocycles. The third kappa shape index (κ3) is 3.25. The Kier molecular flexibility index (Phi) is 4.29. The molecule has 0 atom stereocenters. The van der Waals surface area contributed by atoms with Gasteiger partial charge < -0.3 is 13.9 Å². The van der Waals surface area contributed by atoms with Crippen LogP contribution in [0.3, 0.4) is 0 Å². The third-order valence-electron chi connectivity index (χ3n) is 5.36. The summed E-state index contributed by atoms with van der Waals surface area (Å²) in [6, 6.07) is 13.9. The summed E-state index contributed by atoms with van der Waals surface area (Å²) in [4.78, 5) is 26.1. The van der Waals surface area contributed by atoms with Crippen LogP contribution in [-0.4, -0.2) is 60.8 Å². The van der Waals surface area contributed by atoms with Crippen molar-refractivity contribution in [2.75, 3.05) is 26.2 Å². The van der Waals surface area contributed by atoms with Crippen molar-refractivity contribution in [3.05, 3.63) is 66.9 Å². The van der Waals surface area contributed by atoms with Gasteiger partial charge in [-0.25, -0.2) is 9.97 Å². The van der Waals surface area contributed by atoms with Crippen molar-refractivity contribution in [1.82, 2.24) is 28.7 Å². The number of carbonyl (C=O) groups is 1. The maximum atomic E-state index is 12.7. The number of piperazine rings is 1. The number of amides is 1. The highest BCUT2D eigenvalue weighted by Gasteiger charge is 2.22. The van der Waals surface area contributed by atoms with Crippen LogP contribution < -0.4 is 0 Å². The van der Waals surface area contributed by atoms with Crippen LogP contribution in [0, 0.1) is 0 Å². The van der Waals surface area contributed by atoms with Crippen LogP contribution >= 0.6 is 0 Å². The van der Waals surface area contributed by atoms with Gasteiger partial charge in [-0.1, -0.05) is 18.2 Å². The van der Waals surface area contributed by atoms with Gasteiger partial charge in [0.25, 0.3) is 0 Å². The van der Waals surface area contributed by atoms with Gasteiger partial charge in [-0.2, -0.15) is 0 Å². The van der Waals surface area contributed by atoms with Crippen molar-refractivity contribution < 1.29 is 4.79 Å². The number of aromatic nitrogens is 4. The Balaban J connectivity index is 1.19. The molecule has 0 spiro atoms. The molecule has 3 aromatic heterocycles. The second-order valence-corrected chi connectivity index (χ2v) is 7.22. The Hall–Kier alpha value is -3.19. The number of carbonyl (C=O) groups excluding carboxylic acids is 1. The Morgan fingerprint density at radius 1 is 1.00 bits per heavy atom. The molecule has 5 rings (SSSR count). The highest BCUT2D eigenvalue weighted by atomic mass is 16.2. The van der Waals surface area contributed by atoms with E-state index in [2.05, 4.69) is 21.1 Å². The van der Waals surface area contributed by atoms with E-state index in [0.717, 1.165) is 55.1 Å². The normalized spacial score (nSPS) is 15.5. The van der Waals surface area contributed by atoms with Gasteiger partial charge >= 0.3 is 0 Å².